The predicted molar refractivity (Wildman–Crippen MR) is 82.9 cm³/mol. The maximum atomic E-state index is 12.3. The van der Waals surface area contributed by atoms with Gasteiger partial charge in [0.2, 0.25) is 0 Å². The van der Waals surface area contributed by atoms with E-state index < -0.39 is 11.9 Å². The number of halogens is 1. The number of urea groups is 1. The Bertz CT molecular complexity index is 478. The topological polar surface area (TPSA) is 60.9 Å². The molecule has 1 aromatic rings. The van der Waals surface area contributed by atoms with Gasteiger partial charge < -0.3 is 14.9 Å². The zero-order chi connectivity index (χ0) is 15.3. The third kappa shape index (κ3) is 4.79. The number of hydrogen-bond donors (Lipinski definition) is 1. The van der Waals surface area contributed by atoms with E-state index in [0.717, 1.165) is 9.35 Å². The average Bonchev–Trinajstić information content (AvgIpc) is 2.79. The molecule has 7 heteroatoms. The zero-order valence-corrected chi connectivity index (χ0v) is 14.2. The fourth-order valence-corrected chi connectivity index (χ4v) is 3.23. The SMILES string of the molecule is CCN(CC(C)C(=O)O)C(=O)N(C)Cc1cc(Br)cs1. The molecule has 0 saturated heterocycles. The van der Waals surface area contributed by atoms with Gasteiger partial charge in [-0.3, -0.25) is 4.79 Å². The first kappa shape index (κ1) is 17.0. The van der Waals surface area contributed by atoms with Gasteiger partial charge in [0.15, 0.2) is 0 Å². The van der Waals surface area contributed by atoms with Gasteiger partial charge in [-0.2, -0.15) is 0 Å². The number of carbonyl (C=O) groups excluding carboxylic acids is 1. The fourth-order valence-electron chi connectivity index (χ4n) is 1.73. The molecular weight excluding hydrogens is 344 g/mol. The first-order chi connectivity index (χ1) is 9.35. The number of hydrogen-bond acceptors (Lipinski definition) is 3. The van der Waals surface area contributed by atoms with Crippen LogP contribution in [0.1, 0.15) is 18.7 Å². The fraction of sp³-hybridized carbons (Fsp3) is 0.538. The summed E-state index contributed by atoms with van der Waals surface area (Å²) < 4.78 is 1.00. The van der Waals surface area contributed by atoms with Crippen molar-refractivity contribution in [1.82, 2.24) is 9.80 Å². The van der Waals surface area contributed by atoms with E-state index in [0.29, 0.717) is 13.1 Å². The Morgan fingerprint density at radius 1 is 1.50 bits per heavy atom. The van der Waals surface area contributed by atoms with Crippen LogP contribution in [0.3, 0.4) is 0 Å². The lowest BCUT2D eigenvalue weighted by molar-refractivity contribution is -0.141. The largest absolute Gasteiger partial charge is 0.481 e. The summed E-state index contributed by atoms with van der Waals surface area (Å²) in [5.41, 5.74) is 0. The number of aliphatic carboxylic acids is 1. The van der Waals surface area contributed by atoms with Gasteiger partial charge in [0, 0.05) is 34.9 Å². The van der Waals surface area contributed by atoms with Crippen LogP contribution in [0.25, 0.3) is 0 Å². The number of thiophene rings is 1. The quantitative estimate of drug-likeness (QED) is 0.845. The van der Waals surface area contributed by atoms with Crippen LogP contribution in [0, 0.1) is 5.92 Å². The summed E-state index contributed by atoms with van der Waals surface area (Å²) in [4.78, 5) is 27.4. The van der Waals surface area contributed by atoms with Gasteiger partial charge in [0.25, 0.3) is 0 Å². The molecule has 1 N–H and O–H groups in total. The summed E-state index contributed by atoms with van der Waals surface area (Å²) in [6, 6.07) is 1.83. The summed E-state index contributed by atoms with van der Waals surface area (Å²) in [6.07, 6.45) is 0. The van der Waals surface area contributed by atoms with Crippen LogP contribution in [0.5, 0.6) is 0 Å². The summed E-state index contributed by atoms with van der Waals surface area (Å²) in [6.45, 7) is 4.70. The van der Waals surface area contributed by atoms with Crippen molar-refractivity contribution in [2.75, 3.05) is 20.1 Å². The standard InChI is InChI=1S/C13H19BrN2O3S/c1-4-16(6-9(2)12(17)18)13(19)15(3)7-11-5-10(14)8-20-11/h5,8-9H,4,6-7H2,1-3H3,(H,17,18). The molecule has 1 aromatic heterocycles. The Morgan fingerprint density at radius 3 is 2.60 bits per heavy atom. The maximum absolute atomic E-state index is 12.3. The minimum absolute atomic E-state index is 0.148. The van der Waals surface area contributed by atoms with Crippen molar-refractivity contribution in [2.45, 2.75) is 20.4 Å². The Kier molecular flexibility index (Phi) is 6.48. The van der Waals surface area contributed by atoms with E-state index in [1.807, 2.05) is 18.4 Å². The highest BCUT2D eigenvalue weighted by Crippen LogP contribution is 2.21. The Balaban J connectivity index is 2.63. The van der Waals surface area contributed by atoms with Gasteiger partial charge in [0.05, 0.1) is 12.5 Å². The minimum atomic E-state index is -0.888. The second kappa shape index (κ2) is 7.64. The first-order valence-corrected chi connectivity index (χ1v) is 7.98. The molecule has 0 saturated carbocycles. The lowest BCUT2D eigenvalue weighted by Crippen LogP contribution is -2.43. The van der Waals surface area contributed by atoms with E-state index >= 15 is 0 Å². The third-order valence-electron chi connectivity index (χ3n) is 2.91. The van der Waals surface area contributed by atoms with Crippen LogP contribution in [-0.4, -0.2) is 47.0 Å². The van der Waals surface area contributed by atoms with Crippen molar-refractivity contribution in [2.24, 2.45) is 5.92 Å². The van der Waals surface area contributed by atoms with E-state index in [1.165, 1.54) is 0 Å². The second-order valence-electron chi connectivity index (χ2n) is 4.65. The van der Waals surface area contributed by atoms with Crippen molar-refractivity contribution in [3.8, 4) is 0 Å². The molecule has 1 unspecified atom stereocenters. The third-order valence-corrected chi connectivity index (χ3v) is 4.59. The minimum Gasteiger partial charge on any atom is -0.481 e. The van der Waals surface area contributed by atoms with Crippen molar-refractivity contribution in [3.63, 3.8) is 0 Å². The lowest BCUT2D eigenvalue weighted by Gasteiger charge is -2.28. The number of nitrogens with zero attached hydrogens (tertiary/aromatic N) is 2. The van der Waals surface area contributed by atoms with Gasteiger partial charge in [-0.1, -0.05) is 6.92 Å². The molecule has 0 fully saturated rings. The molecule has 2 amide bonds. The highest BCUT2D eigenvalue weighted by molar-refractivity contribution is 9.10. The summed E-state index contributed by atoms with van der Waals surface area (Å²) >= 11 is 4.96. The van der Waals surface area contributed by atoms with Crippen LogP contribution in [-0.2, 0) is 11.3 Å². The molecule has 0 spiro atoms. The summed E-state index contributed by atoms with van der Waals surface area (Å²) in [7, 11) is 1.73. The van der Waals surface area contributed by atoms with Gasteiger partial charge in [0.1, 0.15) is 0 Å². The second-order valence-corrected chi connectivity index (χ2v) is 6.56. The molecule has 112 valence electrons. The molecule has 5 nitrogen and oxygen atoms in total. The van der Waals surface area contributed by atoms with Crippen LogP contribution in [0.15, 0.2) is 15.9 Å². The first-order valence-electron chi connectivity index (χ1n) is 6.30. The molecule has 0 aromatic carbocycles. The molecule has 20 heavy (non-hydrogen) atoms. The van der Waals surface area contributed by atoms with Gasteiger partial charge >= 0.3 is 12.0 Å². The van der Waals surface area contributed by atoms with Crippen LogP contribution in [0.4, 0.5) is 4.79 Å². The number of carbonyl (C=O) groups is 2. The van der Waals surface area contributed by atoms with Crippen molar-refractivity contribution < 1.29 is 14.7 Å². The molecule has 0 aliphatic carbocycles. The van der Waals surface area contributed by atoms with E-state index in [-0.39, 0.29) is 12.6 Å². The number of amides is 2. The predicted octanol–water partition coefficient (Wildman–Crippen LogP) is 3.11. The number of carboxylic acids is 1. The molecule has 1 atom stereocenters. The van der Waals surface area contributed by atoms with Crippen molar-refractivity contribution in [3.05, 3.63) is 20.8 Å². The molecule has 0 bridgehead atoms. The van der Waals surface area contributed by atoms with Crippen molar-refractivity contribution >= 4 is 39.3 Å². The maximum Gasteiger partial charge on any atom is 0.320 e. The number of carboxylic acid groups (broad SMARTS) is 1. The molecule has 0 aliphatic rings. The summed E-state index contributed by atoms with van der Waals surface area (Å²) in [5.74, 6) is -1.45. The van der Waals surface area contributed by atoms with Gasteiger partial charge in [-0.25, -0.2) is 4.79 Å². The zero-order valence-electron chi connectivity index (χ0n) is 11.8. The molecule has 0 aliphatic heterocycles. The average molecular weight is 363 g/mol. The molecule has 1 heterocycles. The van der Waals surface area contributed by atoms with E-state index in [4.69, 9.17) is 5.11 Å². The normalized spacial score (nSPS) is 12.0. The monoisotopic (exact) mass is 362 g/mol. The Morgan fingerprint density at radius 2 is 2.15 bits per heavy atom. The highest BCUT2D eigenvalue weighted by atomic mass is 79.9. The Hall–Kier alpha value is -1.08. The van der Waals surface area contributed by atoms with Gasteiger partial charge in [-0.05, 0) is 28.9 Å². The van der Waals surface area contributed by atoms with E-state index in [9.17, 15) is 9.59 Å². The lowest BCUT2D eigenvalue weighted by atomic mass is 10.2. The number of rotatable bonds is 6. The van der Waals surface area contributed by atoms with Crippen LogP contribution >= 0.6 is 27.3 Å². The van der Waals surface area contributed by atoms with Gasteiger partial charge in [-0.15, -0.1) is 11.3 Å². The van der Waals surface area contributed by atoms with E-state index in [2.05, 4.69) is 15.9 Å². The smallest absolute Gasteiger partial charge is 0.320 e. The summed E-state index contributed by atoms with van der Waals surface area (Å²) in [5, 5.41) is 10.9. The molecule has 0 radical (unpaired) electrons. The van der Waals surface area contributed by atoms with Crippen LogP contribution < -0.4 is 0 Å². The molecule has 1 rings (SSSR count). The van der Waals surface area contributed by atoms with E-state index in [1.54, 1.807) is 35.1 Å². The Labute approximate surface area is 131 Å². The highest BCUT2D eigenvalue weighted by Gasteiger charge is 2.22. The van der Waals surface area contributed by atoms with Crippen molar-refractivity contribution in [1.29, 1.82) is 0 Å². The van der Waals surface area contributed by atoms with Crippen LogP contribution in [0.2, 0.25) is 0 Å². The molecular formula is C13H19BrN2O3S.